The van der Waals surface area contributed by atoms with Crippen LogP contribution >= 0.6 is 18.6 Å². The zero-order valence-electron chi connectivity index (χ0n) is 8.80. The van der Waals surface area contributed by atoms with Crippen LogP contribution in [-0.2, 0) is 17.0 Å². The summed E-state index contributed by atoms with van der Waals surface area (Å²) in [6, 6.07) is 8.56. The van der Waals surface area contributed by atoms with E-state index in [1.54, 1.807) is 0 Å². The molecule has 1 aromatic rings. The number of halogens is 2. The summed E-state index contributed by atoms with van der Waals surface area (Å²) in [7, 11) is 9.78. The Bertz CT molecular complexity index is 334. The molecule has 0 saturated carbocycles. The topological polar surface area (TPSA) is 0 Å². The number of fused-ring (bicyclic) bond motifs is 1. The number of benzene rings is 1. The van der Waals surface area contributed by atoms with Crippen LogP contribution in [0.3, 0.4) is 0 Å². The van der Waals surface area contributed by atoms with E-state index in [0.717, 1.165) is 0 Å². The van der Waals surface area contributed by atoms with Gasteiger partial charge >= 0.3 is 35.6 Å². The Kier molecular flexibility index (Phi) is 6.00. The molecular formula is C12H13Cl2Ti. The van der Waals surface area contributed by atoms with E-state index in [1.165, 1.54) is 17.0 Å². The normalized spacial score (nSPS) is 13.4. The maximum absolute atomic E-state index is 4.89. The molecule has 0 N–H and O–H groups in total. The van der Waals surface area contributed by atoms with Gasteiger partial charge in [0.2, 0.25) is 0 Å². The monoisotopic (exact) mass is 275 g/mol. The van der Waals surface area contributed by atoms with E-state index in [-0.39, 0.29) is 0 Å². The molecule has 0 atom stereocenters. The van der Waals surface area contributed by atoms with Gasteiger partial charge in [-0.15, -0.1) is 0 Å². The molecule has 0 bridgehead atoms. The summed E-state index contributed by atoms with van der Waals surface area (Å²) in [4.78, 5) is 0. The van der Waals surface area contributed by atoms with Gasteiger partial charge in [-0.25, -0.2) is 0 Å². The van der Waals surface area contributed by atoms with Crippen molar-refractivity contribution >= 4 is 24.7 Å². The molecule has 1 aromatic carbocycles. The Morgan fingerprint density at radius 3 is 2.27 bits per heavy atom. The fourth-order valence-corrected chi connectivity index (χ4v) is 1.68. The number of allylic oxidation sites excluding steroid dienone is 1. The average Bonchev–Trinajstić information content (AvgIpc) is 2.62. The number of rotatable bonds is 1. The predicted octanol–water partition coefficient (Wildman–Crippen LogP) is 4.67. The first-order valence-corrected chi connectivity index (χ1v) is 9.11. The SMILES string of the molecule is CC(C)[C]1C=Cc2ccccc21.[Cl][Ti][Cl]. The summed E-state index contributed by atoms with van der Waals surface area (Å²) < 4.78 is 0. The third-order valence-corrected chi connectivity index (χ3v) is 2.34. The summed E-state index contributed by atoms with van der Waals surface area (Å²) in [5.74, 6) is 2.09. The van der Waals surface area contributed by atoms with E-state index in [9.17, 15) is 0 Å². The molecule has 0 spiro atoms. The van der Waals surface area contributed by atoms with Gasteiger partial charge in [-0.3, -0.25) is 0 Å². The fraction of sp³-hybridized carbons (Fsp3) is 0.250. The first-order chi connectivity index (χ1) is 7.20. The van der Waals surface area contributed by atoms with Crippen molar-refractivity contribution in [2.24, 2.45) is 5.92 Å². The van der Waals surface area contributed by atoms with E-state index >= 15 is 0 Å². The zero-order chi connectivity index (χ0) is 11.3. The molecule has 0 unspecified atom stereocenters. The molecule has 79 valence electrons. The number of hydrogen-bond acceptors (Lipinski definition) is 0. The first kappa shape index (κ1) is 13.3. The molecule has 0 nitrogen and oxygen atoms in total. The Morgan fingerprint density at radius 1 is 1.07 bits per heavy atom. The Hall–Kier alpha value is 0.254. The Morgan fingerprint density at radius 2 is 1.67 bits per heavy atom. The van der Waals surface area contributed by atoms with Gasteiger partial charge < -0.3 is 0 Å². The minimum atomic E-state index is -0.556. The molecule has 0 amide bonds. The first-order valence-electron chi connectivity index (χ1n) is 4.81. The van der Waals surface area contributed by atoms with Crippen molar-refractivity contribution in [1.82, 2.24) is 0 Å². The summed E-state index contributed by atoms with van der Waals surface area (Å²) in [5.41, 5.74) is 2.77. The van der Waals surface area contributed by atoms with Crippen LogP contribution in [0, 0.1) is 11.8 Å². The van der Waals surface area contributed by atoms with Crippen LogP contribution in [0.25, 0.3) is 6.08 Å². The van der Waals surface area contributed by atoms with Crippen LogP contribution < -0.4 is 0 Å². The van der Waals surface area contributed by atoms with Gasteiger partial charge in [0.25, 0.3) is 0 Å². The Labute approximate surface area is 108 Å². The molecule has 2 rings (SSSR count). The summed E-state index contributed by atoms with van der Waals surface area (Å²) in [6.45, 7) is 4.48. The predicted molar refractivity (Wildman–Crippen MR) is 64.4 cm³/mol. The van der Waals surface area contributed by atoms with E-state index in [0.29, 0.717) is 5.92 Å². The van der Waals surface area contributed by atoms with Crippen molar-refractivity contribution in [2.45, 2.75) is 13.8 Å². The van der Waals surface area contributed by atoms with Crippen molar-refractivity contribution in [3.8, 4) is 0 Å². The molecule has 0 heterocycles. The standard InChI is InChI=1S/C12H13.2ClH.Ti/c1-9(2)11-8-7-10-5-3-4-6-12(10)11;;;/h3-9H,1-2H3;2*1H;/q;;;+2/p-2. The van der Waals surface area contributed by atoms with Gasteiger partial charge in [0.05, 0.1) is 0 Å². The third kappa shape index (κ3) is 3.64. The van der Waals surface area contributed by atoms with Crippen molar-refractivity contribution in [3.05, 3.63) is 47.4 Å². The van der Waals surface area contributed by atoms with E-state index in [4.69, 9.17) is 18.6 Å². The molecule has 1 radical (unpaired) electrons. The second kappa shape index (κ2) is 6.75. The fourth-order valence-electron chi connectivity index (χ4n) is 1.68. The van der Waals surface area contributed by atoms with Crippen LogP contribution in [0.15, 0.2) is 30.3 Å². The van der Waals surface area contributed by atoms with Crippen molar-refractivity contribution in [3.63, 3.8) is 0 Å². The van der Waals surface area contributed by atoms with E-state index in [2.05, 4.69) is 50.3 Å². The van der Waals surface area contributed by atoms with Gasteiger partial charge in [0.15, 0.2) is 0 Å². The molecule has 0 fully saturated rings. The van der Waals surface area contributed by atoms with E-state index in [1.807, 2.05) is 0 Å². The molecule has 0 aliphatic heterocycles. The van der Waals surface area contributed by atoms with Crippen LogP contribution in [-0.4, -0.2) is 0 Å². The van der Waals surface area contributed by atoms with Gasteiger partial charge in [-0.1, -0.05) is 50.3 Å². The number of hydrogen-bond donors (Lipinski definition) is 0. The Balaban J connectivity index is 0.000000337. The maximum atomic E-state index is 4.89. The summed E-state index contributed by atoms with van der Waals surface area (Å²) >= 11 is -0.556. The molecule has 3 heteroatoms. The van der Waals surface area contributed by atoms with Crippen LogP contribution in [0.1, 0.15) is 25.0 Å². The second-order valence-electron chi connectivity index (χ2n) is 3.60. The molecular weight excluding hydrogens is 263 g/mol. The van der Waals surface area contributed by atoms with Crippen molar-refractivity contribution < 1.29 is 17.0 Å². The molecule has 1 aliphatic carbocycles. The molecule has 0 aromatic heterocycles. The van der Waals surface area contributed by atoms with Crippen LogP contribution in [0.2, 0.25) is 0 Å². The second-order valence-corrected chi connectivity index (χ2v) is 6.18. The van der Waals surface area contributed by atoms with Crippen LogP contribution in [0.5, 0.6) is 0 Å². The minimum absolute atomic E-state index is 0.556. The average molecular weight is 276 g/mol. The van der Waals surface area contributed by atoms with E-state index < -0.39 is 17.0 Å². The molecule has 1 aliphatic rings. The van der Waals surface area contributed by atoms with Gasteiger partial charge in [0, 0.05) is 5.92 Å². The van der Waals surface area contributed by atoms with Gasteiger partial charge in [0.1, 0.15) is 0 Å². The third-order valence-electron chi connectivity index (χ3n) is 2.34. The van der Waals surface area contributed by atoms with Crippen molar-refractivity contribution in [2.75, 3.05) is 0 Å². The zero-order valence-corrected chi connectivity index (χ0v) is 11.9. The van der Waals surface area contributed by atoms with Gasteiger partial charge in [-0.2, -0.15) is 0 Å². The van der Waals surface area contributed by atoms with Gasteiger partial charge in [-0.05, 0) is 17.0 Å². The quantitative estimate of drug-likeness (QED) is 0.654. The summed E-state index contributed by atoms with van der Waals surface area (Å²) in [6.07, 6.45) is 4.43. The van der Waals surface area contributed by atoms with Crippen LogP contribution in [0.4, 0.5) is 0 Å². The summed E-state index contributed by atoms with van der Waals surface area (Å²) in [5, 5.41) is 0. The molecule has 0 saturated heterocycles. The molecule has 15 heavy (non-hydrogen) atoms. The van der Waals surface area contributed by atoms with Crippen molar-refractivity contribution in [1.29, 1.82) is 0 Å².